The number of rotatable bonds is 2. The van der Waals surface area contributed by atoms with Gasteiger partial charge in [-0.2, -0.15) is 0 Å². The molecular weight excluding hydrogens is 228 g/mol. The van der Waals surface area contributed by atoms with Gasteiger partial charge in [-0.1, -0.05) is 6.07 Å². The van der Waals surface area contributed by atoms with Gasteiger partial charge in [0.25, 0.3) is 0 Å². The van der Waals surface area contributed by atoms with Crippen molar-refractivity contribution >= 4 is 5.69 Å². The smallest absolute Gasteiger partial charge is 0.416 e. The molecule has 1 fully saturated rings. The van der Waals surface area contributed by atoms with E-state index in [1.54, 1.807) is 6.20 Å². The minimum Gasteiger partial charge on any atom is -0.416 e. The van der Waals surface area contributed by atoms with Crippen LogP contribution in [-0.2, 0) is 0 Å². The Balaban J connectivity index is 1.94. The minimum atomic E-state index is -0.342. The topological polar surface area (TPSA) is 38.4 Å². The van der Waals surface area contributed by atoms with Crippen LogP contribution in [0, 0.1) is 0 Å². The Kier molecular flexibility index (Phi) is 2.92. The van der Waals surface area contributed by atoms with Crippen LogP contribution in [0.25, 0.3) is 5.69 Å². The van der Waals surface area contributed by atoms with Gasteiger partial charge in [-0.15, -0.1) is 0 Å². The highest BCUT2D eigenvalue weighted by atomic mass is 16.4. The average Bonchev–Trinajstić information content (AvgIpc) is 2.86. The fraction of sp³-hybridized carbons (Fsp3) is 0.357. The van der Waals surface area contributed by atoms with Crippen LogP contribution in [0.1, 0.15) is 19.3 Å². The first kappa shape index (κ1) is 11.1. The summed E-state index contributed by atoms with van der Waals surface area (Å²) in [4.78, 5) is 13.9. The number of aromatic nitrogens is 1. The number of oxazole rings is 1. The third kappa shape index (κ3) is 2.06. The normalized spacial score (nSPS) is 15.9. The maximum absolute atomic E-state index is 11.5. The van der Waals surface area contributed by atoms with Crippen molar-refractivity contribution in [2.24, 2.45) is 0 Å². The van der Waals surface area contributed by atoms with Crippen LogP contribution >= 0.6 is 0 Å². The van der Waals surface area contributed by atoms with Crippen LogP contribution in [0.2, 0.25) is 0 Å². The Hall–Kier alpha value is -1.97. The summed E-state index contributed by atoms with van der Waals surface area (Å²) in [5.41, 5.74) is 2.04. The summed E-state index contributed by atoms with van der Waals surface area (Å²) in [5, 5.41) is 0. The summed E-state index contributed by atoms with van der Waals surface area (Å²) in [7, 11) is 0. The van der Waals surface area contributed by atoms with Crippen LogP contribution in [0.4, 0.5) is 5.69 Å². The highest BCUT2D eigenvalue weighted by Crippen LogP contribution is 2.21. The van der Waals surface area contributed by atoms with Gasteiger partial charge in [0.1, 0.15) is 6.26 Å². The van der Waals surface area contributed by atoms with Gasteiger partial charge in [0.15, 0.2) is 0 Å². The van der Waals surface area contributed by atoms with Gasteiger partial charge < -0.3 is 9.32 Å². The molecule has 3 rings (SSSR count). The monoisotopic (exact) mass is 244 g/mol. The Bertz CT molecular complexity index is 579. The molecule has 0 bridgehead atoms. The second-order valence-corrected chi connectivity index (χ2v) is 4.61. The quantitative estimate of drug-likeness (QED) is 0.814. The number of piperidine rings is 1. The standard InChI is InChI=1S/C14H16N2O2/c17-14-16(9-10-18-14)13-6-4-5-12(11-13)15-7-2-1-3-8-15/h4-6,9-11H,1-3,7-8H2. The SMILES string of the molecule is O=c1occn1-c1cccc(N2CCCCC2)c1. The maximum Gasteiger partial charge on any atom is 0.423 e. The van der Waals surface area contributed by atoms with Crippen molar-refractivity contribution in [3.05, 3.63) is 47.3 Å². The van der Waals surface area contributed by atoms with Crippen molar-refractivity contribution in [2.75, 3.05) is 18.0 Å². The van der Waals surface area contributed by atoms with Crippen molar-refractivity contribution in [1.82, 2.24) is 4.57 Å². The molecule has 1 aliphatic heterocycles. The lowest BCUT2D eigenvalue weighted by atomic mass is 10.1. The first-order valence-electron chi connectivity index (χ1n) is 6.36. The van der Waals surface area contributed by atoms with Gasteiger partial charge in [0, 0.05) is 18.8 Å². The van der Waals surface area contributed by atoms with Crippen LogP contribution in [0.5, 0.6) is 0 Å². The highest BCUT2D eigenvalue weighted by molar-refractivity contribution is 5.53. The van der Waals surface area contributed by atoms with E-state index in [1.807, 2.05) is 18.2 Å². The third-order valence-electron chi connectivity index (χ3n) is 3.40. The van der Waals surface area contributed by atoms with Crippen LogP contribution in [0.3, 0.4) is 0 Å². The lowest BCUT2D eigenvalue weighted by Crippen LogP contribution is -2.29. The Morgan fingerprint density at radius 2 is 1.83 bits per heavy atom. The first-order chi connectivity index (χ1) is 8.84. The fourth-order valence-electron chi connectivity index (χ4n) is 2.45. The molecule has 0 N–H and O–H groups in total. The molecule has 1 aromatic heterocycles. The van der Waals surface area contributed by atoms with Crippen molar-refractivity contribution in [3.8, 4) is 5.69 Å². The van der Waals surface area contributed by atoms with Crippen molar-refractivity contribution in [2.45, 2.75) is 19.3 Å². The molecule has 0 radical (unpaired) electrons. The maximum atomic E-state index is 11.5. The molecule has 18 heavy (non-hydrogen) atoms. The van der Waals surface area contributed by atoms with E-state index < -0.39 is 0 Å². The summed E-state index contributed by atoms with van der Waals surface area (Å²) in [6.45, 7) is 2.20. The summed E-state index contributed by atoms with van der Waals surface area (Å²) in [5.74, 6) is -0.342. The number of anilines is 1. The van der Waals surface area contributed by atoms with Crippen molar-refractivity contribution in [3.63, 3.8) is 0 Å². The number of benzene rings is 1. The summed E-state index contributed by atoms with van der Waals surface area (Å²) >= 11 is 0. The molecule has 1 aliphatic rings. The minimum absolute atomic E-state index is 0.342. The van der Waals surface area contributed by atoms with Crippen molar-refractivity contribution < 1.29 is 4.42 Å². The second kappa shape index (κ2) is 4.72. The molecule has 0 unspecified atom stereocenters. The predicted molar refractivity (Wildman–Crippen MR) is 70.4 cm³/mol. The van der Waals surface area contributed by atoms with Crippen molar-refractivity contribution in [1.29, 1.82) is 0 Å². The number of hydrogen-bond donors (Lipinski definition) is 0. The fourth-order valence-corrected chi connectivity index (χ4v) is 2.45. The molecule has 2 heterocycles. The molecule has 0 spiro atoms. The lowest BCUT2D eigenvalue weighted by molar-refractivity contribution is 0.504. The van der Waals surface area contributed by atoms with E-state index in [2.05, 4.69) is 11.0 Å². The zero-order valence-electron chi connectivity index (χ0n) is 10.2. The predicted octanol–water partition coefficient (Wildman–Crippen LogP) is 2.42. The van der Waals surface area contributed by atoms with E-state index in [1.165, 1.54) is 35.8 Å². The zero-order chi connectivity index (χ0) is 12.4. The summed E-state index contributed by atoms with van der Waals surface area (Å²) < 4.78 is 6.32. The molecular formula is C14H16N2O2. The molecule has 0 saturated carbocycles. The van der Waals surface area contributed by atoms with E-state index in [9.17, 15) is 4.79 Å². The lowest BCUT2D eigenvalue weighted by Gasteiger charge is -2.29. The zero-order valence-corrected chi connectivity index (χ0v) is 10.2. The van der Waals surface area contributed by atoms with Gasteiger partial charge in [-0.05, 0) is 37.5 Å². The van der Waals surface area contributed by atoms with Gasteiger partial charge in [-0.25, -0.2) is 9.36 Å². The molecule has 1 aromatic carbocycles. The third-order valence-corrected chi connectivity index (χ3v) is 3.40. The Morgan fingerprint density at radius 1 is 1.06 bits per heavy atom. The van der Waals surface area contributed by atoms with E-state index in [0.29, 0.717) is 0 Å². The molecule has 94 valence electrons. The first-order valence-corrected chi connectivity index (χ1v) is 6.36. The number of hydrogen-bond acceptors (Lipinski definition) is 3. The molecule has 1 saturated heterocycles. The highest BCUT2D eigenvalue weighted by Gasteiger charge is 2.11. The molecule has 0 aliphatic carbocycles. The van der Waals surface area contributed by atoms with E-state index in [-0.39, 0.29) is 5.76 Å². The van der Waals surface area contributed by atoms with E-state index in [4.69, 9.17) is 4.42 Å². The molecule has 4 nitrogen and oxygen atoms in total. The molecule has 0 atom stereocenters. The largest absolute Gasteiger partial charge is 0.423 e. The second-order valence-electron chi connectivity index (χ2n) is 4.61. The van der Waals surface area contributed by atoms with Gasteiger partial charge in [0.2, 0.25) is 0 Å². The number of nitrogens with zero attached hydrogens (tertiary/aromatic N) is 2. The Labute approximate surface area is 105 Å². The molecule has 4 heteroatoms. The van der Waals surface area contributed by atoms with Gasteiger partial charge >= 0.3 is 5.76 Å². The van der Waals surface area contributed by atoms with Crippen LogP contribution < -0.4 is 10.7 Å². The van der Waals surface area contributed by atoms with Gasteiger partial charge in [-0.3, -0.25) is 0 Å². The Morgan fingerprint density at radius 3 is 2.56 bits per heavy atom. The van der Waals surface area contributed by atoms with Crippen LogP contribution in [0.15, 0.2) is 45.9 Å². The van der Waals surface area contributed by atoms with E-state index >= 15 is 0 Å². The molecule has 0 amide bonds. The van der Waals surface area contributed by atoms with Gasteiger partial charge in [0.05, 0.1) is 11.9 Å². The average molecular weight is 244 g/mol. The van der Waals surface area contributed by atoms with E-state index in [0.717, 1.165) is 18.8 Å². The molecule has 2 aromatic rings. The summed E-state index contributed by atoms with van der Waals surface area (Å²) in [6, 6.07) is 8.05. The summed E-state index contributed by atoms with van der Waals surface area (Å²) in [6.07, 6.45) is 6.87. The van der Waals surface area contributed by atoms with Crippen LogP contribution in [-0.4, -0.2) is 17.7 Å².